The molecule has 6 aromatic rings. The molecule has 0 bridgehead atoms. The van der Waals surface area contributed by atoms with Crippen LogP contribution in [-0.4, -0.2) is 73.2 Å². The van der Waals surface area contributed by atoms with E-state index in [9.17, 15) is 41.5 Å². The Morgan fingerprint density at radius 2 is 1.02 bits per heavy atom. The molecule has 0 fully saturated rings. The summed E-state index contributed by atoms with van der Waals surface area (Å²) >= 11 is 6.58. The highest BCUT2D eigenvalue weighted by molar-refractivity contribution is 6.35. The molecule has 1 unspecified atom stereocenters. The Bertz CT molecular complexity index is 2690. The van der Waals surface area contributed by atoms with Crippen LogP contribution >= 0.6 is 11.6 Å². The summed E-state index contributed by atoms with van der Waals surface area (Å²) in [6.45, 7) is -1.42. The van der Waals surface area contributed by atoms with Gasteiger partial charge < -0.3 is 29.9 Å². The SMILES string of the molecule is COc1ccc(N(C)C(=O)C(Cc2cc(F)cc(F)c2)NC(=O)Cn2c(=O)n(CC(=O)N[C@@H](Cc3cc(F)cc(F)c3)C(=O)N(C)c3ccc(OC)cc3)c3c(Cl)cccc32)cc1. The van der Waals surface area contributed by atoms with Crippen molar-refractivity contribution in [2.45, 2.75) is 38.0 Å². The van der Waals surface area contributed by atoms with Crippen LogP contribution in [0.1, 0.15) is 11.1 Å². The summed E-state index contributed by atoms with van der Waals surface area (Å²) in [5.74, 6) is -5.58. The number of anilines is 2. The van der Waals surface area contributed by atoms with Crippen LogP contribution in [0.15, 0.2) is 108 Å². The largest absolute Gasteiger partial charge is 0.497 e. The Morgan fingerprint density at radius 3 is 1.41 bits per heavy atom. The van der Waals surface area contributed by atoms with Gasteiger partial charge in [-0.1, -0.05) is 17.7 Å². The molecule has 1 heterocycles. The quantitative estimate of drug-likeness (QED) is 0.117. The molecular formula is C45H41ClF4N6O7. The monoisotopic (exact) mass is 888 g/mol. The lowest BCUT2D eigenvalue weighted by Gasteiger charge is -2.25. The number of likely N-dealkylation sites (N-methyl/N-ethyl adjacent to an activating group) is 2. The van der Waals surface area contributed by atoms with Crippen LogP contribution in [0, 0.1) is 23.3 Å². The summed E-state index contributed by atoms with van der Waals surface area (Å²) in [6, 6.07) is 20.0. The number of imidazole rings is 1. The molecule has 0 aliphatic heterocycles. The standard InChI is InChI=1S/C45H41ClF4N6O7/c1-53(32-8-12-34(62-3)13-9-32)43(59)37(20-26-16-28(47)22-29(48)17-26)51-40(57)24-55-39-7-5-6-36(46)42(39)56(45(55)61)25-41(58)52-38(21-27-18-30(49)23-31(50)19-27)44(60)54(2)33-10-14-35(63-4)15-11-33/h5-19,22-23,37-38H,20-21,24-25H2,1-4H3,(H,51,57)(H,52,58)/t37?,38-/m0/s1. The Labute approximate surface area is 363 Å². The first kappa shape index (κ1) is 45.4. The lowest BCUT2D eigenvalue weighted by molar-refractivity contribution is -0.128. The van der Waals surface area contributed by atoms with E-state index < -0.39 is 77.8 Å². The highest BCUT2D eigenvalue weighted by Crippen LogP contribution is 2.25. The fourth-order valence-electron chi connectivity index (χ4n) is 7.06. The molecule has 0 spiro atoms. The zero-order valence-electron chi connectivity index (χ0n) is 34.3. The molecule has 2 N–H and O–H groups in total. The molecule has 0 saturated heterocycles. The first-order chi connectivity index (χ1) is 30.0. The number of rotatable bonds is 16. The molecule has 18 heteroatoms. The van der Waals surface area contributed by atoms with Crippen LogP contribution < -0.4 is 35.6 Å². The molecule has 2 atom stereocenters. The number of nitrogens with zero attached hydrogens (tertiary/aromatic N) is 4. The van der Waals surface area contributed by atoms with Crippen LogP contribution in [0.2, 0.25) is 5.02 Å². The van der Waals surface area contributed by atoms with Gasteiger partial charge in [0.2, 0.25) is 23.6 Å². The normalized spacial score (nSPS) is 12.0. The van der Waals surface area contributed by atoms with E-state index in [0.717, 1.165) is 33.4 Å². The average Bonchev–Trinajstić information content (AvgIpc) is 3.50. The van der Waals surface area contributed by atoms with Gasteiger partial charge in [-0.25, -0.2) is 22.4 Å². The van der Waals surface area contributed by atoms with E-state index in [0.29, 0.717) is 35.0 Å². The molecule has 63 heavy (non-hydrogen) atoms. The highest BCUT2D eigenvalue weighted by atomic mass is 35.5. The predicted molar refractivity (Wildman–Crippen MR) is 228 cm³/mol. The summed E-state index contributed by atoms with van der Waals surface area (Å²) in [4.78, 5) is 72.2. The number of amides is 4. The minimum absolute atomic E-state index is 0.0287. The Hall–Kier alpha value is -7.14. The third kappa shape index (κ3) is 10.9. The number of hydrogen-bond donors (Lipinski definition) is 2. The number of halogens is 5. The van der Waals surface area contributed by atoms with Crippen LogP contribution in [0.3, 0.4) is 0 Å². The molecule has 6 rings (SSSR count). The van der Waals surface area contributed by atoms with Crippen LogP contribution in [-0.2, 0) is 45.1 Å². The Morgan fingerprint density at radius 1 is 0.619 bits per heavy atom. The minimum Gasteiger partial charge on any atom is -0.497 e. The van der Waals surface area contributed by atoms with Gasteiger partial charge in [0, 0.05) is 50.4 Å². The molecule has 328 valence electrons. The first-order valence-corrected chi connectivity index (χ1v) is 19.6. The van der Waals surface area contributed by atoms with E-state index in [1.165, 1.54) is 56.3 Å². The summed E-state index contributed by atoms with van der Waals surface area (Å²) in [6.07, 6.45) is -0.675. The van der Waals surface area contributed by atoms with E-state index in [-0.39, 0.29) is 40.0 Å². The summed E-state index contributed by atoms with van der Waals surface area (Å²) < 4.78 is 69.4. The van der Waals surface area contributed by atoms with Crippen molar-refractivity contribution >= 4 is 57.6 Å². The lowest BCUT2D eigenvalue weighted by Crippen LogP contribution is -2.50. The number of para-hydroxylation sites is 1. The van der Waals surface area contributed by atoms with E-state index >= 15 is 0 Å². The number of carbonyl (C=O) groups is 4. The third-order valence-electron chi connectivity index (χ3n) is 10.2. The van der Waals surface area contributed by atoms with E-state index in [1.54, 1.807) is 48.5 Å². The summed E-state index contributed by atoms with van der Waals surface area (Å²) in [7, 11) is 5.85. The number of fused-ring (bicyclic) bond motifs is 1. The zero-order chi connectivity index (χ0) is 45.5. The van der Waals surface area contributed by atoms with Crippen molar-refractivity contribution < 1.29 is 46.2 Å². The Balaban J connectivity index is 1.27. The van der Waals surface area contributed by atoms with Crippen molar-refractivity contribution in [3.05, 3.63) is 153 Å². The highest BCUT2D eigenvalue weighted by Gasteiger charge is 2.29. The van der Waals surface area contributed by atoms with Gasteiger partial charge in [-0.2, -0.15) is 0 Å². The molecule has 0 aliphatic rings. The smallest absolute Gasteiger partial charge is 0.330 e. The number of ether oxygens (including phenoxy) is 2. The van der Waals surface area contributed by atoms with Crippen LogP contribution in [0.25, 0.3) is 11.0 Å². The zero-order valence-corrected chi connectivity index (χ0v) is 35.1. The van der Waals surface area contributed by atoms with Gasteiger partial charge >= 0.3 is 5.69 Å². The molecule has 0 radical (unpaired) electrons. The van der Waals surface area contributed by atoms with E-state index in [4.69, 9.17) is 21.1 Å². The first-order valence-electron chi connectivity index (χ1n) is 19.2. The van der Waals surface area contributed by atoms with Crippen molar-refractivity contribution in [2.24, 2.45) is 0 Å². The Kier molecular flexibility index (Phi) is 14.2. The van der Waals surface area contributed by atoms with Gasteiger partial charge in [0.05, 0.1) is 30.3 Å². The number of benzene rings is 5. The fraction of sp³-hybridized carbons (Fsp3) is 0.222. The molecule has 4 amide bonds. The van der Waals surface area contributed by atoms with Gasteiger partial charge in [-0.15, -0.1) is 0 Å². The summed E-state index contributed by atoms with van der Waals surface area (Å²) in [5.41, 5.74) is 0.259. The summed E-state index contributed by atoms with van der Waals surface area (Å²) in [5, 5.41) is 5.22. The van der Waals surface area contributed by atoms with Gasteiger partial charge in [0.15, 0.2) is 0 Å². The molecule has 13 nitrogen and oxygen atoms in total. The van der Waals surface area contributed by atoms with Gasteiger partial charge in [0.1, 0.15) is 59.9 Å². The van der Waals surface area contributed by atoms with Crippen LogP contribution in [0.5, 0.6) is 11.5 Å². The minimum atomic E-state index is -1.40. The van der Waals surface area contributed by atoms with Crippen molar-refractivity contribution in [3.8, 4) is 11.5 Å². The fourth-order valence-corrected chi connectivity index (χ4v) is 7.33. The molecule has 0 aliphatic carbocycles. The lowest BCUT2D eigenvalue weighted by atomic mass is 10.0. The molecule has 5 aromatic carbocycles. The van der Waals surface area contributed by atoms with Gasteiger partial charge in [-0.05, 0) is 96.1 Å². The predicted octanol–water partition coefficient (Wildman–Crippen LogP) is 5.81. The van der Waals surface area contributed by atoms with Crippen molar-refractivity contribution in [2.75, 3.05) is 38.1 Å². The second-order valence-corrected chi connectivity index (χ2v) is 14.9. The third-order valence-corrected chi connectivity index (χ3v) is 10.5. The number of nitrogens with one attached hydrogen (secondary N) is 2. The molecule has 1 aromatic heterocycles. The van der Waals surface area contributed by atoms with E-state index in [2.05, 4.69) is 10.6 Å². The van der Waals surface area contributed by atoms with Crippen molar-refractivity contribution in [3.63, 3.8) is 0 Å². The van der Waals surface area contributed by atoms with E-state index in [1.807, 2.05) is 0 Å². The topological polar surface area (TPSA) is 144 Å². The maximum Gasteiger partial charge on any atom is 0.330 e. The van der Waals surface area contributed by atoms with Crippen molar-refractivity contribution in [1.29, 1.82) is 0 Å². The maximum atomic E-state index is 14.2. The number of hydrogen-bond acceptors (Lipinski definition) is 7. The number of aromatic nitrogens is 2. The average molecular weight is 889 g/mol. The van der Waals surface area contributed by atoms with Crippen LogP contribution in [0.4, 0.5) is 28.9 Å². The second-order valence-electron chi connectivity index (χ2n) is 14.5. The van der Waals surface area contributed by atoms with Gasteiger partial charge in [0.25, 0.3) is 0 Å². The number of carbonyl (C=O) groups excluding carboxylic acids is 4. The second kappa shape index (κ2) is 19.7. The van der Waals surface area contributed by atoms with Crippen molar-refractivity contribution in [1.82, 2.24) is 19.8 Å². The van der Waals surface area contributed by atoms with Gasteiger partial charge in [-0.3, -0.25) is 28.3 Å². The number of methoxy groups -OCH3 is 2. The maximum absolute atomic E-state index is 14.2. The molecular weight excluding hydrogens is 848 g/mol. The molecule has 0 saturated carbocycles.